The first-order valence-electron chi connectivity index (χ1n) is 9.21. The van der Waals surface area contributed by atoms with Gasteiger partial charge in [-0.2, -0.15) is 5.26 Å². The summed E-state index contributed by atoms with van der Waals surface area (Å²) >= 11 is 0. The summed E-state index contributed by atoms with van der Waals surface area (Å²) in [6.45, 7) is 2.31. The van der Waals surface area contributed by atoms with Crippen LogP contribution in [0.1, 0.15) is 90.4 Å². The molecule has 2 saturated carbocycles. The minimum atomic E-state index is 0.375. The molecule has 114 valence electrons. The lowest BCUT2D eigenvalue weighted by Crippen LogP contribution is -2.17. The van der Waals surface area contributed by atoms with Crippen molar-refractivity contribution in [3.05, 3.63) is 0 Å². The van der Waals surface area contributed by atoms with Crippen LogP contribution in [0.15, 0.2) is 0 Å². The van der Waals surface area contributed by atoms with Crippen molar-refractivity contribution >= 4 is 0 Å². The van der Waals surface area contributed by atoms with E-state index in [1.54, 1.807) is 0 Å². The van der Waals surface area contributed by atoms with Gasteiger partial charge in [-0.3, -0.25) is 0 Å². The van der Waals surface area contributed by atoms with Gasteiger partial charge in [0.05, 0.1) is 6.07 Å². The minimum absolute atomic E-state index is 0.375. The molecule has 2 aliphatic rings. The minimum Gasteiger partial charge on any atom is -0.198 e. The van der Waals surface area contributed by atoms with Crippen LogP contribution in [0, 0.1) is 35.0 Å². The van der Waals surface area contributed by atoms with Crippen LogP contribution >= 0.6 is 0 Å². The maximum absolute atomic E-state index is 8.95. The summed E-state index contributed by atoms with van der Waals surface area (Å²) in [5.41, 5.74) is 0. The summed E-state index contributed by atoms with van der Waals surface area (Å²) in [6, 6.07) is 2.45. The Morgan fingerprint density at radius 1 is 0.750 bits per heavy atom. The molecule has 1 nitrogen and oxygen atoms in total. The van der Waals surface area contributed by atoms with Crippen molar-refractivity contribution in [2.45, 2.75) is 90.4 Å². The van der Waals surface area contributed by atoms with Crippen LogP contribution in [-0.4, -0.2) is 0 Å². The Kier molecular flexibility index (Phi) is 6.91. The molecule has 0 N–H and O–H groups in total. The van der Waals surface area contributed by atoms with Crippen molar-refractivity contribution in [1.82, 2.24) is 0 Å². The smallest absolute Gasteiger partial charge is 0.0655 e. The number of hydrogen-bond donors (Lipinski definition) is 0. The van der Waals surface area contributed by atoms with Crippen molar-refractivity contribution in [2.75, 3.05) is 0 Å². The topological polar surface area (TPSA) is 23.8 Å². The molecular formula is C19H33N. The fourth-order valence-corrected chi connectivity index (χ4v) is 4.35. The highest BCUT2D eigenvalue weighted by Crippen LogP contribution is 2.37. The second-order valence-corrected chi connectivity index (χ2v) is 7.45. The number of rotatable bonds is 6. The Morgan fingerprint density at radius 3 is 1.65 bits per heavy atom. The highest BCUT2D eigenvalue weighted by Gasteiger charge is 2.24. The van der Waals surface area contributed by atoms with Crippen LogP contribution in [0.5, 0.6) is 0 Å². The van der Waals surface area contributed by atoms with Gasteiger partial charge in [-0.1, -0.05) is 64.7 Å². The van der Waals surface area contributed by atoms with E-state index in [9.17, 15) is 0 Å². The number of nitriles is 1. The molecule has 2 aliphatic carbocycles. The van der Waals surface area contributed by atoms with Crippen molar-refractivity contribution < 1.29 is 0 Å². The summed E-state index contributed by atoms with van der Waals surface area (Å²) in [5.74, 6) is 3.40. The van der Waals surface area contributed by atoms with Gasteiger partial charge in [-0.05, 0) is 43.4 Å². The largest absolute Gasteiger partial charge is 0.198 e. The molecule has 0 radical (unpaired) electrons. The third-order valence-corrected chi connectivity index (χ3v) is 5.94. The molecule has 0 heterocycles. The number of hydrogen-bond acceptors (Lipinski definition) is 1. The Hall–Kier alpha value is -0.510. The summed E-state index contributed by atoms with van der Waals surface area (Å²) in [5, 5.41) is 8.95. The molecule has 0 amide bonds. The van der Waals surface area contributed by atoms with E-state index in [0.29, 0.717) is 5.92 Å². The lowest BCUT2D eigenvalue weighted by Gasteiger charge is -2.31. The van der Waals surface area contributed by atoms with E-state index >= 15 is 0 Å². The quantitative estimate of drug-likeness (QED) is 0.575. The molecule has 0 unspecified atom stereocenters. The molecule has 1 heteroatoms. The first-order valence-corrected chi connectivity index (χ1v) is 9.21. The molecule has 0 bridgehead atoms. The van der Waals surface area contributed by atoms with Crippen LogP contribution in [-0.2, 0) is 0 Å². The average Bonchev–Trinajstić information content (AvgIpc) is 2.52. The fourth-order valence-electron chi connectivity index (χ4n) is 4.35. The lowest BCUT2D eigenvalue weighted by molar-refractivity contribution is 0.221. The third-order valence-electron chi connectivity index (χ3n) is 5.94. The van der Waals surface area contributed by atoms with Crippen molar-refractivity contribution in [2.24, 2.45) is 23.7 Å². The second-order valence-electron chi connectivity index (χ2n) is 7.45. The Balaban J connectivity index is 1.56. The van der Waals surface area contributed by atoms with Gasteiger partial charge in [0.1, 0.15) is 0 Å². The molecule has 2 fully saturated rings. The average molecular weight is 275 g/mol. The standard InChI is InChI=1S/C19H33N/c1-2-3-4-16-5-7-17(8-6-16)9-10-18-11-13-19(15-20)14-12-18/h16-19H,2-14H2,1H3/t16-,17-,18-,19-. The van der Waals surface area contributed by atoms with Crippen LogP contribution in [0.4, 0.5) is 0 Å². The third kappa shape index (κ3) is 5.12. The van der Waals surface area contributed by atoms with Gasteiger partial charge in [0.15, 0.2) is 0 Å². The lowest BCUT2D eigenvalue weighted by atomic mass is 9.75. The van der Waals surface area contributed by atoms with Crippen LogP contribution in [0.2, 0.25) is 0 Å². The Bertz CT molecular complexity index is 287. The predicted octanol–water partition coefficient (Wildman–Crippen LogP) is 6.09. The van der Waals surface area contributed by atoms with Crippen LogP contribution in [0.3, 0.4) is 0 Å². The molecule has 0 aliphatic heterocycles. The van der Waals surface area contributed by atoms with E-state index < -0.39 is 0 Å². The maximum Gasteiger partial charge on any atom is 0.0655 e. The molecule has 0 aromatic carbocycles. The SMILES string of the molecule is CCCC[C@H]1CC[C@H](CC[C@H]2CC[C@H](C#N)CC2)CC1. The number of nitrogens with zero attached hydrogens (tertiary/aromatic N) is 1. The molecule has 0 aromatic heterocycles. The van der Waals surface area contributed by atoms with E-state index in [0.717, 1.165) is 17.8 Å². The summed E-state index contributed by atoms with van der Waals surface area (Å²) < 4.78 is 0. The fraction of sp³-hybridized carbons (Fsp3) is 0.947. The highest BCUT2D eigenvalue weighted by atomic mass is 14.3. The molecule has 0 atom stereocenters. The molecule has 0 saturated heterocycles. The zero-order valence-electron chi connectivity index (χ0n) is 13.4. The molecule has 0 aromatic rings. The summed E-state index contributed by atoms with van der Waals surface area (Å²) in [4.78, 5) is 0. The molecule has 20 heavy (non-hydrogen) atoms. The first kappa shape index (κ1) is 15.9. The Labute approximate surface area is 126 Å². The number of unbranched alkanes of at least 4 members (excludes halogenated alkanes) is 1. The van der Waals surface area contributed by atoms with Gasteiger partial charge >= 0.3 is 0 Å². The van der Waals surface area contributed by atoms with Crippen molar-refractivity contribution in [3.63, 3.8) is 0 Å². The summed E-state index contributed by atoms with van der Waals surface area (Å²) in [7, 11) is 0. The van der Waals surface area contributed by atoms with Gasteiger partial charge in [-0.25, -0.2) is 0 Å². The zero-order valence-corrected chi connectivity index (χ0v) is 13.4. The van der Waals surface area contributed by atoms with Crippen LogP contribution in [0.25, 0.3) is 0 Å². The second kappa shape index (κ2) is 8.71. The van der Waals surface area contributed by atoms with E-state index in [1.807, 2.05) is 0 Å². The van der Waals surface area contributed by atoms with Crippen molar-refractivity contribution in [3.8, 4) is 6.07 Å². The first-order chi connectivity index (χ1) is 9.81. The Morgan fingerprint density at radius 2 is 1.20 bits per heavy atom. The van der Waals surface area contributed by atoms with E-state index in [4.69, 9.17) is 5.26 Å². The van der Waals surface area contributed by atoms with E-state index in [2.05, 4.69) is 13.0 Å². The van der Waals surface area contributed by atoms with Crippen molar-refractivity contribution in [1.29, 1.82) is 5.26 Å². The van der Waals surface area contributed by atoms with Gasteiger partial charge in [-0.15, -0.1) is 0 Å². The predicted molar refractivity (Wildman–Crippen MR) is 85.3 cm³/mol. The van der Waals surface area contributed by atoms with Gasteiger partial charge < -0.3 is 0 Å². The van der Waals surface area contributed by atoms with Gasteiger partial charge in [0, 0.05) is 5.92 Å². The van der Waals surface area contributed by atoms with E-state index in [-0.39, 0.29) is 0 Å². The maximum atomic E-state index is 8.95. The highest BCUT2D eigenvalue weighted by molar-refractivity contribution is 4.87. The molecule has 2 rings (SSSR count). The van der Waals surface area contributed by atoms with Crippen LogP contribution < -0.4 is 0 Å². The van der Waals surface area contributed by atoms with Gasteiger partial charge in [0.2, 0.25) is 0 Å². The van der Waals surface area contributed by atoms with E-state index in [1.165, 1.54) is 83.5 Å². The zero-order chi connectivity index (χ0) is 14.2. The summed E-state index contributed by atoms with van der Waals surface area (Å²) in [6.07, 6.45) is 18.2. The normalized spacial score (nSPS) is 34.6. The monoisotopic (exact) mass is 275 g/mol. The van der Waals surface area contributed by atoms with Gasteiger partial charge in [0.25, 0.3) is 0 Å². The molecule has 0 spiro atoms. The molecular weight excluding hydrogens is 242 g/mol.